The van der Waals surface area contributed by atoms with Gasteiger partial charge in [0.05, 0.1) is 5.69 Å². The first-order valence-electron chi connectivity index (χ1n) is 11.5. The van der Waals surface area contributed by atoms with Crippen molar-refractivity contribution in [3.8, 4) is 11.1 Å². The first-order chi connectivity index (χ1) is 16.9. The number of rotatable bonds is 9. The molecule has 1 heterocycles. The lowest BCUT2D eigenvalue weighted by Crippen LogP contribution is -2.40. The summed E-state index contributed by atoms with van der Waals surface area (Å²) in [5, 5.41) is 14.7. The van der Waals surface area contributed by atoms with E-state index in [9.17, 15) is 19.5 Å². The highest BCUT2D eigenvalue weighted by molar-refractivity contribution is 7.17. The molecule has 1 unspecified atom stereocenters. The summed E-state index contributed by atoms with van der Waals surface area (Å²) < 4.78 is 5.53. The van der Waals surface area contributed by atoms with Crippen LogP contribution in [-0.4, -0.2) is 40.7 Å². The molecule has 182 valence electrons. The minimum atomic E-state index is -1.08. The maximum absolute atomic E-state index is 12.6. The molecule has 0 saturated carbocycles. The predicted octanol–water partition coefficient (Wildman–Crippen LogP) is 5.19. The lowest BCUT2D eigenvalue weighted by Gasteiger charge is -2.14. The minimum Gasteiger partial charge on any atom is -0.480 e. The number of fused-ring (bicyclic) bond motifs is 3. The van der Waals surface area contributed by atoms with Gasteiger partial charge in [0.25, 0.3) is 5.91 Å². The van der Waals surface area contributed by atoms with E-state index < -0.39 is 24.0 Å². The molecule has 9 heteroatoms. The standard InChI is InChI=1S/C26H27N3O5S/c1-3-4-13-21(24(31)32)28-23(30)22-15(2)27-25(35-22)29-26(33)34-14-20-18-11-7-5-9-16(18)17-10-6-8-12-19(17)20/h5-12,20-21H,3-4,13-14H2,1-2H3,(H,28,30)(H,31,32)(H,27,29,33). The van der Waals surface area contributed by atoms with Gasteiger partial charge in [0, 0.05) is 5.92 Å². The summed E-state index contributed by atoms with van der Waals surface area (Å²) in [5.74, 6) is -1.67. The molecule has 4 rings (SSSR count). The van der Waals surface area contributed by atoms with E-state index in [1.54, 1.807) is 6.92 Å². The number of ether oxygens (including phenoxy) is 1. The van der Waals surface area contributed by atoms with E-state index in [-0.39, 0.29) is 22.5 Å². The summed E-state index contributed by atoms with van der Waals surface area (Å²) in [6.07, 6.45) is 1.19. The quantitative estimate of drug-likeness (QED) is 0.378. The lowest BCUT2D eigenvalue weighted by atomic mass is 9.98. The van der Waals surface area contributed by atoms with E-state index in [0.29, 0.717) is 18.5 Å². The van der Waals surface area contributed by atoms with Crippen LogP contribution in [0.4, 0.5) is 9.93 Å². The molecule has 0 radical (unpaired) electrons. The summed E-state index contributed by atoms with van der Waals surface area (Å²) in [5.41, 5.74) is 4.91. The molecule has 0 aliphatic heterocycles. The topological polar surface area (TPSA) is 118 Å². The van der Waals surface area contributed by atoms with Crippen LogP contribution in [0.1, 0.15) is 58.6 Å². The monoisotopic (exact) mass is 493 g/mol. The molecule has 0 bridgehead atoms. The zero-order chi connectivity index (χ0) is 24.9. The molecule has 1 aromatic heterocycles. The van der Waals surface area contributed by atoms with Crippen molar-refractivity contribution in [1.29, 1.82) is 0 Å². The SMILES string of the molecule is CCCCC(NC(=O)c1sc(NC(=O)OCC2c3ccccc3-c3ccccc32)nc1C)C(=O)O. The Morgan fingerprint density at radius 2 is 1.71 bits per heavy atom. The molecule has 0 fully saturated rings. The molecular weight excluding hydrogens is 466 g/mol. The Kier molecular flexibility index (Phi) is 7.45. The first-order valence-corrected chi connectivity index (χ1v) is 12.3. The third kappa shape index (κ3) is 5.35. The number of aryl methyl sites for hydroxylation is 1. The van der Waals surface area contributed by atoms with E-state index in [0.717, 1.165) is 40.0 Å². The summed E-state index contributed by atoms with van der Waals surface area (Å²) in [7, 11) is 0. The van der Waals surface area contributed by atoms with Crippen molar-refractivity contribution >= 4 is 34.4 Å². The number of nitrogens with zero attached hydrogens (tertiary/aromatic N) is 1. The van der Waals surface area contributed by atoms with Gasteiger partial charge in [-0.05, 0) is 35.6 Å². The van der Waals surface area contributed by atoms with Crippen LogP contribution in [0.3, 0.4) is 0 Å². The van der Waals surface area contributed by atoms with Gasteiger partial charge in [0.1, 0.15) is 17.5 Å². The molecular formula is C26H27N3O5S. The third-order valence-corrected chi connectivity index (χ3v) is 7.08. The van der Waals surface area contributed by atoms with Crippen molar-refractivity contribution in [3.63, 3.8) is 0 Å². The normalized spacial score (nSPS) is 13.0. The number of nitrogens with one attached hydrogen (secondary N) is 2. The highest BCUT2D eigenvalue weighted by Gasteiger charge is 2.29. The van der Waals surface area contributed by atoms with Gasteiger partial charge >= 0.3 is 12.1 Å². The number of aromatic nitrogens is 1. The van der Waals surface area contributed by atoms with Gasteiger partial charge in [-0.15, -0.1) is 0 Å². The van der Waals surface area contributed by atoms with Crippen LogP contribution in [0.2, 0.25) is 0 Å². The smallest absolute Gasteiger partial charge is 0.413 e. The molecule has 2 amide bonds. The number of carboxylic acid groups (broad SMARTS) is 1. The van der Waals surface area contributed by atoms with Crippen LogP contribution >= 0.6 is 11.3 Å². The van der Waals surface area contributed by atoms with Crippen molar-refractivity contribution in [2.45, 2.75) is 45.1 Å². The Morgan fingerprint density at radius 1 is 1.09 bits per heavy atom. The van der Waals surface area contributed by atoms with Crippen LogP contribution in [0.15, 0.2) is 48.5 Å². The van der Waals surface area contributed by atoms with E-state index in [2.05, 4.69) is 27.8 Å². The highest BCUT2D eigenvalue weighted by Crippen LogP contribution is 2.44. The molecule has 3 N–H and O–H groups in total. The summed E-state index contributed by atoms with van der Waals surface area (Å²) >= 11 is 0.981. The zero-order valence-corrected chi connectivity index (χ0v) is 20.4. The molecule has 1 aliphatic rings. The van der Waals surface area contributed by atoms with Crippen LogP contribution in [-0.2, 0) is 9.53 Å². The Labute approximate surface area is 207 Å². The number of thiazole rings is 1. The molecule has 2 aromatic carbocycles. The van der Waals surface area contributed by atoms with Crippen LogP contribution in [0, 0.1) is 6.92 Å². The van der Waals surface area contributed by atoms with Gasteiger partial charge in [0.15, 0.2) is 5.13 Å². The summed E-state index contributed by atoms with van der Waals surface area (Å²) in [4.78, 5) is 41.1. The second kappa shape index (κ2) is 10.7. The van der Waals surface area contributed by atoms with Crippen molar-refractivity contribution in [2.24, 2.45) is 0 Å². The maximum Gasteiger partial charge on any atom is 0.413 e. The number of amides is 2. The highest BCUT2D eigenvalue weighted by atomic mass is 32.1. The van der Waals surface area contributed by atoms with Crippen LogP contribution in [0.5, 0.6) is 0 Å². The number of carbonyl (C=O) groups excluding carboxylic acids is 2. The Hall–Kier alpha value is -3.72. The number of carbonyl (C=O) groups is 3. The van der Waals surface area contributed by atoms with Crippen molar-refractivity contribution in [2.75, 3.05) is 11.9 Å². The average molecular weight is 494 g/mol. The zero-order valence-electron chi connectivity index (χ0n) is 19.5. The summed E-state index contributed by atoms with van der Waals surface area (Å²) in [6, 6.07) is 15.2. The van der Waals surface area contributed by atoms with E-state index in [1.807, 2.05) is 43.3 Å². The third-order valence-electron chi connectivity index (χ3n) is 6.01. The fraction of sp³-hybridized carbons (Fsp3) is 0.308. The molecule has 35 heavy (non-hydrogen) atoms. The summed E-state index contributed by atoms with van der Waals surface area (Å²) in [6.45, 7) is 3.75. The minimum absolute atomic E-state index is 0.0661. The number of benzene rings is 2. The largest absolute Gasteiger partial charge is 0.480 e. The van der Waals surface area contributed by atoms with Gasteiger partial charge in [-0.25, -0.2) is 14.6 Å². The number of unbranched alkanes of at least 4 members (excludes halogenated alkanes) is 1. The Morgan fingerprint density at radius 3 is 2.31 bits per heavy atom. The number of carboxylic acids is 1. The van der Waals surface area contributed by atoms with Crippen LogP contribution in [0.25, 0.3) is 11.1 Å². The second-order valence-electron chi connectivity index (χ2n) is 8.39. The fourth-order valence-corrected chi connectivity index (χ4v) is 5.13. The molecule has 8 nitrogen and oxygen atoms in total. The van der Waals surface area contributed by atoms with E-state index >= 15 is 0 Å². The maximum atomic E-state index is 12.6. The van der Waals surface area contributed by atoms with Crippen molar-refractivity contribution in [1.82, 2.24) is 10.3 Å². The number of anilines is 1. The van der Waals surface area contributed by atoms with E-state index in [1.165, 1.54) is 0 Å². The first kappa shape index (κ1) is 24.4. The Bertz CT molecular complexity index is 1210. The van der Waals surface area contributed by atoms with Gasteiger partial charge < -0.3 is 15.2 Å². The molecule has 1 atom stereocenters. The van der Waals surface area contributed by atoms with Gasteiger partial charge in [-0.2, -0.15) is 0 Å². The van der Waals surface area contributed by atoms with Gasteiger partial charge in [-0.1, -0.05) is 79.6 Å². The number of hydrogen-bond donors (Lipinski definition) is 3. The van der Waals surface area contributed by atoms with Crippen molar-refractivity contribution < 1.29 is 24.2 Å². The molecule has 1 aliphatic carbocycles. The van der Waals surface area contributed by atoms with Crippen LogP contribution < -0.4 is 10.6 Å². The molecule has 3 aromatic rings. The number of aliphatic carboxylic acids is 1. The number of hydrogen-bond acceptors (Lipinski definition) is 6. The molecule has 0 saturated heterocycles. The predicted molar refractivity (Wildman–Crippen MR) is 134 cm³/mol. The molecule has 0 spiro atoms. The lowest BCUT2D eigenvalue weighted by molar-refractivity contribution is -0.139. The average Bonchev–Trinajstić information content (AvgIpc) is 3.37. The second-order valence-corrected chi connectivity index (χ2v) is 9.39. The van der Waals surface area contributed by atoms with E-state index in [4.69, 9.17) is 4.74 Å². The van der Waals surface area contributed by atoms with Gasteiger partial charge in [-0.3, -0.25) is 10.1 Å². The van der Waals surface area contributed by atoms with Crippen molar-refractivity contribution in [3.05, 3.63) is 70.2 Å². The fourth-order valence-electron chi connectivity index (χ4n) is 4.27. The van der Waals surface area contributed by atoms with Gasteiger partial charge in [0.2, 0.25) is 0 Å². The Balaban J connectivity index is 1.39.